The van der Waals surface area contributed by atoms with E-state index in [9.17, 15) is 9.59 Å². The molecule has 1 aliphatic rings. The van der Waals surface area contributed by atoms with Gasteiger partial charge in [0.05, 0.1) is 6.42 Å². The van der Waals surface area contributed by atoms with Crippen LogP contribution >= 0.6 is 0 Å². The molecule has 3 heteroatoms. The molecule has 0 N–H and O–H groups in total. The molecule has 0 unspecified atom stereocenters. The number of Topliss-reactive ketones (excluding diaryl/α,β-unsaturated/α-hetero) is 1. The molecular weight excluding hydrogens is 240 g/mol. The number of cyclic esters (lactones) is 1. The predicted octanol–water partition coefficient (Wildman–Crippen LogP) is 3.09. The maximum atomic E-state index is 12.1. The van der Waals surface area contributed by atoms with E-state index in [0.29, 0.717) is 12.8 Å². The lowest BCUT2D eigenvalue weighted by Crippen LogP contribution is -2.27. The van der Waals surface area contributed by atoms with Gasteiger partial charge in [0.25, 0.3) is 0 Å². The fraction of sp³-hybridized carbons (Fsp3) is 0.500. The molecule has 0 spiro atoms. The van der Waals surface area contributed by atoms with E-state index in [-0.39, 0.29) is 23.8 Å². The molecule has 0 radical (unpaired) electrons. The molecule has 1 heterocycles. The highest BCUT2D eigenvalue weighted by Gasteiger charge is 2.38. The summed E-state index contributed by atoms with van der Waals surface area (Å²) in [4.78, 5) is 23.6. The van der Waals surface area contributed by atoms with Crippen molar-refractivity contribution in [3.63, 3.8) is 0 Å². The summed E-state index contributed by atoms with van der Waals surface area (Å²) < 4.78 is 5.33. The average Bonchev–Trinajstić information content (AvgIpc) is 2.70. The summed E-state index contributed by atoms with van der Waals surface area (Å²) in [6.45, 7) is 5.68. The molecule has 19 heavy (non-hydrogen) atoms. The van der Waals surface area contributed by atoms with Gasteiger partial charge in [-0.1, -0.05) is 51.1 Å². The van der Waals surface area contributed by atoms with Crippen molar-refractivity contribution in [1.29, 1.82) is 0 Å². The standard InChI is InChI=1S/C16H20O3/c1-16(2,3)14(17)10-13-12(9-15(18)19-13)11-7-5-4-6-8-11/h4-8,12-13H,9-10H2,1-3H3/t12-,13-/m1/s1. The number of hydrogen-bond acceptors (Lipinski definition) is 3. The number of esters is 1. The fourth-order valence-corrected chi connectivity index (χ4v) is 2.32. The molecule has 0 saturated carbocycles. The van der Waals surface area contributed by atoms with Gasteiger partial charge in [-0.25, -0.2) is 0 Å². The summed E-state index contributed by atoms with van der Waals surface area (Å²) >= 11 is 0. The van der Waals surface area contributed by atoms with E-state index in [1.807, 2.05) is 51.1 Å². The van der Waals surface area contributed by atoms with Gasteiger partial charge < -0.3 is 4.74 Å². The van der Waals surface area contributed by atoms with Crippen LogP contribution in [0.3, 0.4) is 0 Å². The molecule has 2 atom stereocenters. The molecule has 3 nitrogen and oxygen atoms in total. The fourth-order valence-electron chi connectivity index (χ4n) is 2.32. The number of hydrogen-bond donors (Lipinski definition) is 0. The lowest BCUT2D eigenvalue weighted by atomic mass is 9.83. The molecule has 1 fully saturated rings. The molecule has 1 saturated heterocycles. The van der Waals surface area contributed by atoms with Gasteiger partial charge >= 0.3 is 5.97 Å². The Bertz CT molecular complexity index is 471. The molecule has 0 amide bonds. The minimum Gasteiger partial charge on any atom is -0.461 e. The molecule has 2 rings (SSSR count). The molecule has 1 aromatic rings. The topological polar surface area (TPSA) is 43.4 Å². The quantitative estimate of drug-likeness (QED) is 0.784. The second-order valence-corrected chi connectivity index (χ2v) is 6.13. The van der Waals surface area contributed by atoms with Gasteiger partial charge in [0, 0.05) is 17.8 Å². The predicted molar refractivity (Wildman–Crippen MR) is 72.8 cm³/mol. The van der Waals surface area contributed by atoms with E-state index >= 15 is 0 Å². The maximum Gasteiger partial charge on any atom is 0.306 e. The molecule has 0 aromatic heterocycles. The van der Waals surface area contributed by atoms with Crippen molar-refractivity contribution >= 4 is 11.8 Å². The third kappa shape index (κ3) is 3.22. The summed E-state index contributed by atoms with van der Waals surface area (Å²) in [5.74, 6) is -0.0753. The van der Waals surface area contributed by atoms with Gasteiger partial charge in [0.1, 0.15) is 11.9 Å². The Hall–Kier alpha value is -1.64. The van der Waals surface area contributed by atoms with E-state index in [1.54, 1.807) is 0 Å². The van der Waals surface area contributed by atoms with Gasteiger partial charge in [-0.3, -0.25) is 9.59 Å². The van der Waals surface area contributed by atoms with Crippen LogP contribution in [0.25, 0.3) is 0 Å². The lowest BCUT2D eigenvalue weighted by Gasteiger charge is -2.22. The summed E-state index contributed by atoms with van der Waals surface area (Å²) in [5, 5.41) is 0. The molecule has 1 aromatic carbocycles. The zero-order valence-corrected chi connectivity index (χ0v) is 11.7. The number of benzene rings is 1. The summed E-state index contributed by atoms with van der Waals surface area (Å²) in [6.07, 6.45) is 0.350. The maximum absolute atomic E-state index is 12.1. The summed E-state index contributed by atoms with van der Waals surface area (Å²) in [5.41, 5.74) is 0.677. The second-order valence-electron chi connectivity index (χ2n) is 6.13. The Morgan fingerprint density at radius 2 is 1.89 bits per heavy atom. The molecule has 0 bridgehead atoms. The normalized spacial score (nSPS) is 23.2. The van der Waals surface area contributed by atoms with Crippen LogP contribution in [0.4, 0.5) is 0 Å². The first-order valence-electron chi connectivity index (χ1n) is 6.65. The lowest BCUT2D eigenvalue weighted by molar-refractivity contribution is -0.143. The van der Waals surface area contributed by atoms with Crippen molar-refractivity contribution in [1.82, 2.24) is 0 Å². The molecule has 0 aliphatic carbocycles. The van der Waals surface area contributed by atoms with Crippen LogP contribution in [-0.4, -0.2) is 17.9 Å². The van der Waals surface area contributed by atoms with Crippen molar-refractivity contribution in [3.8, 4) is 0 Å². The highest BCUT2D eigenvalue weighted by atomic mass is 16.5. The second kappa shape index (κ2) is 5.16. The van der Waals surface area contributed by atoms with Crippen molar-refractivity contribution in [3.05, 3.63) is 35.9 Å². The van der Waals surface area contributed by atoms with Crippen molar-refractivity contribution in [2.45, 2.75) is 45.6 Å². The van der Waals surface area contributed by atoms with Gasteiger partial charge in [-0.05, 0) is 5.56 Å². The molecular formula is C16H20O3. The van der Waals surface area contributed by atoms with Gasteiger partial charge in [-0.15, -0.1) is 0 Å². The Morgan fingerprint density at radius 3 is 2.47 bits per heavy atom. The Kier molecular flexibility index (Phi) is 3.74. The van der Waals surface area contributed by atoms with Crippen molar-refractivity contribution in [2.75, 3.05) is 0 Å². The number of rotatable bonds is 3. The zero-order chi connectivity index (χ0) is 14.0. The van der Waals surface area contributed by atoms with Gasteiger partial charge in [0.2, 0.25) is 0 Å². The van der Waals surface area contributed by atoms with Crippen LogP contribution in [0.2, 0.25) is 0 Å². The van der Waals surface area contributed by atoms with Crippen LogP contribution < -0.4 is 0 Å². The van der Waals surface area contributed by atoms with Crippen LogP contribution in [-0.2, 0) is 14.3 Å². The number of carbonyl (C=O) groups is 2. The molecule has 1 aliphatic heterocycles. The number of ether oxygens (including phenoxy) is 1. The summed E-state index contributed by atoms with van der Waals surface area (Å²) in [7, 11) is 0. The summed E-state index contributed by atoms with van der Waals surface area (Å²) in [6, 6.07) is 9.81. The SMILES string of the molecule is CC(C)(C)C(=O)C[C@H]1OC(=O)C[C@@H]1c1ccccc1. The minimum absolute atomic E-state index is 0.000000000000000444. The highest BCUT2D eigenvalue weighted by Crippen LogP contribution is 2.35. The Balaban J connectivity index is 2.15. The zero-order valence-electron chi connectivity index (χ0n) is 11.7. The van der Waals surface area contributed by atoms with Crippen LogP contribution in [0.15, 0.2) is 30.3 Å². The van der Waals surface area contributed by atoms with E-state index in [1.165, 1.54) is 0 Å². The van der Waals surface area contributed by atoms with E-state index in [0.717, 1.165) is 5.56 Å². The average molecular weight is 260 g/mol. The molecule has 102 valence electrons. The number of ketones is 1. The first-order valence-corrected chi connectivity index (χ1v) is 6.65. The van der Waals surface area contributed by atoms with Crippen LogP contribution in [0.1, 0.15) is 45.1 Å². The third-order valence-corrected chi connectivity index (χ3v) is 3.57. The smallest absolute Gasteiger partial charge is 0.306 e. The number of carbonyl (C=O) groups excluding carboxylic acids is 2. The first-order chi connectivity index (χ1) is 8.88. The minimum atomic E-state index is -0.393. The van der Waals surface area contributed by atoms with Gasteiger partial charge in [0.15, 0.2) is 0 Å². The Morgan fingerprint density at radius 1 is 1.26 bits per heavy atom. The van der Waals surface area contributed by atoms with E-state index in [2.05, 4.69) is 0 Å². The largest absolute Gasteiger partial charge is 0.461 e. The first kappa shape index (κ1) is 13.8. The monoisotopic (exact) mass is 260 g/mol. The van der Waals surface area contributed by atoms with Crippen LogP contribution in [0.5, 0.6) is 0 Å². The van der Waals surface area contributed by atoms with E-state index < -0.39 is 5.41 Å². The van der Waals surface area contributed by atoms with Gasteiger partial charge in [-0.2, -0.15) is 0 Å². The highest BCUT2D eigenvalue weighted by molar-refractivity contribution is 5.85. The Labute approximate surface area is 114 Å². The van der Waals surface area contributed by atoms with Crippen molar-refractivity contribution in [2.24, 2.45) is 5.41 Å². The third-order valence-electron chi connectivity index (χ3n) is 3.57. The van der Waals surface area contributed by atoms with Crippen molar-refractivity contribution < 1.29 is 14.3 Å². The van der Waals surface area contributed by atoms with Crippen LogP contribution in [0, 0.1) is 5.41 Å². The van der Waals surface area contributed by atoms with E-state index in [4.69, 9.17) is 4.74 Å².